The van der Waals surface area contributed by atoms with Crippen molar-refractivity contribution >= 4 is 17.7 Å². The fourth-order valence-electron chi connectivity index (χ4n) is 1.69. The minimum absolute atomic E-state index is 0.0806. The molecule has 0 aliphatic rings. The summed E-state index contributed by atoms with van der Waals surface area (Å²) in [4.78, 5) is 11.9. The molecule has 1 aromatic carbocycles. The molecule has 0 aliphatic heterocycles. The number of nitrogens with two attached hydrogens (primary N) is 1. The first kappa shape index (κ1) is 15.9. The summed E-state index contributed by atoms with van der Waals surface area (Å²) in [6, 6.07) is 7.13. The summed E-state index contributed by atoms with van der Waals surface area (Å²) in [6.07, 6.45) is 2.70. The van der Waals surface area contributed by atoms with E-state index in [4.69, 9.17) is 10.5 Å². The highest BCUT2D eigenvalue weighted by Gasteiger charge is 2.16. The summed E-state index contributed by atoms with van der Waals surface area (Å²) in [5, 5.41) is 2.93. The van der Waals surface area contributed by atoms with E-state index in [1.807, 2.05) is 37.4 Å². The Kier molecular flexibility index (Phi) is 6.73. The van der Waals surface area contributed by atoms with E-state index in [9.17, 15) is 4.79 Å². The average molecular weight is 282 g/mol. The first-order valence-electron chi connectivity index (χ1n) is 6.27. The van der Waals surface area contributed by atoms with Crippen molar-refractivity contribution in [3.05, 3.63) is 29.8 Å². The van der Waals surface area contributed by atoms with E-state index in [0.29, 0.717) is 6.42 Å². The van der Waals surface area contributed by atoms with Crippen LogP contribution in [0.2, 0.25) is 0 Å². The molecule has 1 unspecified atom stereocenters. The minimum atomic E-state index is -0.444. The van der Waals surface area contributed by atoms with Crippen molar-refractivity contribution in [3.63, 3.8) is 0 Å². The number of thioether (sulfide) groups is 1. The van der Waals surface area contributed by atoms with Crippen LogP contribution >= 0.6 is 11.8 Å². The Hall–Kier alpha value is -1.20. The van der Waals surface area contributed by atoms with Crippen LogP contribution < -0.4 is 15.8 Å². The highest BCUT2D eigenvalue weighted by Crippen LogP contribution is 2.18. The second-order valence-electron chi connectivity index (χ2n) is 4.39. The Morgan fingerprint density at radius 3 is 2.89 bits per heavy atom. The Morgan fingerprint density at radius 2 is 2.26 bits per heavy atom. The number of methoxy groups -OCH3 is 1. The van der Waals surface area contributed by atoms with Gasteiger partial charge in [-0.15, -0.1) is 0 Å². The number of benzene rings is 1. The predicted octanol–water partition coefficient (Wildman–Crippen LogP) is 1.95. The molecule has 1 rings (SSSR count). The molecule has 19 heavy (non-hydrogen) atoms. The van der Waals surface area contributed by atoms with Crippen molar-refractivity contribution in [2.24, 2.45) is 5.73 Å². The molecule has 0 spiro atoms. The summed E-state index contributed by atoms with van der Waals surface area (Å²) in [5.41, 5.74) is 6.84. The zero-order valence-corrected chi connectivity index (χ0v) is 12.5. The average Bonchev–Trinajstić information content (AvgIpc) is 2.44. The van der Waals surface area contributed by atoms with Gasteiger partial charge in [0.2, 0.25) is 5.91 Å². The Morgan fingerprint density at radius 1 is 1.53 bits per heavy atom. The quantitative estimate of drug-likeness (QED) is 0.802. The van der Waals surface area contributed by atoms with E-state index in [2.05, 4.69) is 5.32 Å². The lowest BCUT2D eigenvalue weighted by molar-refractivity contribution is -0.123. The number of hydrogen-bond donors (Lipinski definition) is 2. The first-order chi connectivity index (χ1) is 9.08. The maximum absolute atomic E-state index is 11.9. The number of ether oxygens (including phenoxy) is 1. The van der Waals surface area contributed by atoms with E-state index in [1.165, 1.54) is 0 Å². The molecule has 0 saturated heterocycles. The van der Waals surface area contributed by atoms with Crippen molar-refractivity contribution in [2.75, 3.05) is 19.1 Å². The standard InChI is InChI=1S/C14H22N2O2S/c1-10(11-5-4-6-12(9-11)18-2)16-14(17)13(15)7-8-19-3/h4-6,9-10,13H,7-8,15H2,1-3H3,(H,16,17)/t10?,13-/m0/s1. The van der Waals surface area contributed by atoms with Crippen LogP contribution in [0, 0.1) is 0 Å². The van der Waals surface area contributed by atoms with Crippen LogP contribution in [0.15, 0.2) is 24.3 Å². The summed E-state index contributed by atoms with van der Waals surface area (Å²) < 4.78 is 5.17. The second-order valence-corrected chi connectivity index (χ2v) is 5.38. The van der Waals surface area contributed by atoms with Gasteiger partial charge in [-0.05, 0) is 43.0 Å². The predicted molar refractivity (Wildman–Crippen MR) is 80.5 cm³/mol. The highest BCUT2D eigenvalue weighted by molar-refractivity contribution is 7.98. The molecule has 0 radical (unpaired) electrons. The molecule has 0 bridgehead atoms. The van der Waals surface area contributed by atoms with Gasteiger partial charge in [0.15, 0.2) is 0 Å². The molecule has 0 fully saturated rings. The van der Waals surface area contributed by atoms with Gasteiger partial charge in [0.05, 0.1) is 19.2 Å². The van der Waals surface area contributed by atoms with Gasteiger partial charge in [-0.2, -0.15) is 11.8 Å². The maximum atomic E-state index is 11.9. The summed E-state index contributed by atoms with van der Waals surface area (Å²) in [6.45, 7) is 1.94. The van der Waals surface area contributed by atoms with Crippen molar-refractivity contribution in [1.82, 2.24) is 5.32 Å². The van der Waals surface area contributed by atoms with Crippen LogP contribution in [0.25, 0.3) is 0 Å². The van der Waals surface area contributed by atoms with Gasteiger partial charge in [0.1, 0.15) is 5.75 Å². The molecule has 2 atom stereocenters. The summed E-state index contributed by atoms with van der Waals surface area (Å²) in [5.74, 6) is 1.57. The molecule has 0 saturated carbocycles. The molecule has 0 heterocycles. The maximum Gasteiger partial charge on any atom is 0.237 e. The second kappa shape index (κ2) is 8.07. The third kappa shape index (κ3) is 5.12. The molecule has 0 aliphatic carbocycles. The fraction of sp³-hybridized carbons (Fsp3) is 0.500. The smallest absolute Gasteiger partial charge is 0.237 e. The molecule has 1 amide bonds. The van der Waals surface area contributed by atoms with E-state index in [-0.39, 0.29) is 11.9 Å². The van der Waals surface area contributed by atoms with Gasteiger partial charge in [-0.3, -0.25) is 4.79 Å². The van der Waals surface area contributed by atoms with Crippen molar-refractivity contribution in [2.45, 2.75) is 25.4 Å². The normalized spacial score (nSPS) is 13.7. The van der Waals surface area contributed by atoms with E-state index >= 15 is 0 Å². The third-order valence-corrected chi connectivity index (χ3v) is 3.57. The first-order valence-corrected chi connectivity index (χ1v) is 7.66. The molecule has 4 nitrogen and oxygen atoms in total. The van der Waals surface area contributed by atoms with Crippen LogP contribution in [0.4, 0.5) is 0 Å². The van der Waals surface area contributed by atoms with Gasteiger partial charge in [0.25, 0.3) is 0 Å². The lowest BCUT2D eigenvalue weighted by Crippen LogP contribution is -2.41. The number of carbonyl (C=O) groups is 1. The Bertz CT molecular complexity index is 412. The molecule has 106 valence electrons. The van der Waals surface area contributed by atoms with Crippen molar-refractivity contribution in [1.29, 1.82) is 0 Å². The van der Waals surface area contributed by atoms with Crippen LogP contribution in [0.5, 0.6) is 5.75 Å². The van der Waals surface area contributed by atoms with Crippen LogP contribution in [-0.4, -0.2) is 31.1 Å². The fourth-order valence-corrected chi connectivity index (χ4v) is 2.18. The number of hydrogen-bond acceptors (Lipinski definition) is 4. The SMILES string of the molecule is COc1cccc(C(C)NC(=O)[C@@H](N)CCSC)c1. The minimum Gasteiger partial charge on any atom is -0.497 e. The largest absolute Gasteiger partial charge is 0.497 e. The lowest BCUT2D eigenvalue weighted by Gasteiger charge is -2.18. The monoisotopic (exact) mass is 282 g/mol. The van der Waals surface area contributed by atoms with Gasteiger partial charge < -0.3 is 15.8 Å². The summed E-state index contributed by atoms with van der Waals surface area (Å²) >= 11 is 1.69. The molecular weight excluding hydrogens is 260 g/mol. The van der Waals surface area contributed by atoms with E-state index < -0.39 is 6.04 Å². The highest BCUT2D eigenvalue weighted by atomic mass is 32.2. The van der Waals surface area contributed by atoms with Gasteiger partial charge in [-0.25, -0.2) is 0 Å². The third-order valence-electron chi connectivity index (χ3n) is 2.92. The van der Waals surface area contributed by atoms with E-state index in [0.717, 1.165) is 17.1 Å². The molecule has 0 aromatic heterocycles. The summed E-state index contributed by atoms with van der Waals surface area (Å²) in [7, 11) is 1.63. The van der Waals surface area contributed by atoms with Crippen LogP contribution in [0.1, 0.15) is 24.9 Å². The zero-order valence-electron chi connectivity index (χ0n) is 11.7. The molecule has 5 heteroatoms. The number of amides is 1. The Balaban J connectivity index is 2.58. The van der Waals surface area contributed by atoms with Crippen molar-refractivity contribution < 1.29 is 9.53 Å². The molecule has 1 aromatic rings. The molecular formula is C14H22N2O2S. The zero-order chi connectivity index (χ0) is 14.3. The van der Waals surface area contributed by atoms with Crippen LogP contribution in [0.3, 0.4) is 0 Å². The van der Waals surface area contributed by atoms with E-state index in [1.54, 1.807) is 18.9 Å². The lowest BCUT2D eigenvalue weighted by atomic mass is 10.1. The molecule has 3 N–H and O–H groups in total. The number of nitrogens with one attached hydrogen (secondary N) is 1. The van der Waals surface area contributed by atoms with Crippen LogP contribution in [-0.2, 0) is 4.79 Å². The van der Waals surface area contributed by atoms with Gasteiger partial charge >= 0.3 is 0 Å². The van der Waals surface area contributed by atoms with Gasteiger partial charge in [-0.1, -0.05) is 12.1 Å². The van der Waals surface area contributed by atoms with Crippen molar-refractivity contribution in [3.8, 4) is 5.75 Å². The van der Waals surface area contributed by atoms with Gasteiger partial charge in [0, 0.05) is 0 Å². The topological polar surface area (TPSA) is 64.3 Å². The number of carbonyl (C=O) groups excluding carboxylic acids is 1. The number of rotatable bonds is 7. The Labute approximate surface area is 119 Å².